The standard InChI is InChI=1S/C24H26N2O4/c27-20-9-11-26(13-21(20)28)10-3-4-15-7-8-17-16(12-15)14-30-23(17)22-18-5-1-2-6-19(18)25-24(22)29/h1-2,5-8,12,20-21,27-28H,3-4,9-11,13-14H2,(H,25,29)/t20-,21+/m1/s1. The minimum absolute atomic E-state index is 0.114. The van der Waals surface area contributed by atoms with Crippen molar-refractivity contribution in [2.45, 2.75) is 38.1 Å². The number of ether oxygens (including phenoxy) is 1. The second-order valence-electron chi connectivity index (χ2n) is 8.31. The number of aryl methyl sites for hydroxylation is 1. The van der Waals surface area contributed by atoms with Crippen molar-refractivity contribution in [3.63, 3.8) is 0 Å². The van der Waals surface area contributed by atoms with E-state index in [1.54, 1.807) is 0 Å². The number of β-amino-alcohol motifs (C(OH)–C–C–N with tert-alkyl or cyclic N) is 1. The Morgan fingerprint density at radius 2 is 1.97 bits per heavy atom. The number of nitrogens with zero attached hydrogens (tertiary/aromatic N) is 1. The summed E-state index contributed by atoms with van der Waals surface area (Å²) in [5.74, 6) is 0.553. The molecule has 3 heterocycles. The molecule has 1 amide bonds. The second-order valence-corrected chi connectivity index (χ2v) is 8.31. The van der Waals surface area contributed by atoms with Crippen molar-refractivity contribution in [3.05, 3.63) is 64.7 Å². The Morgan fingerprint density at radius 3 is 2.83 bits per heavy atom. The first-order valence-electron chi connectivity index (χ1n) is 10.6. The van der Waals surface area contributed by atoms with Crippen LogP contribution >= 0.6 is 0 Å². The monoisotopic (exact) mass is 406 g/mol. The predicted octanol–water partition coefficient (Wildman–Crippen LogP) is 2.40. The highest BCUT2D eigenvalue weighted by Crippen LogP contribution is 2.41. The highest BCUT2D eigenvalue weighted by Gasteiger charge is 2.32. The van der Waals surface area contributed by atoms with Gasteiger partial charge >= 0.3 is 0 Å². The summed E-state index contributed by atoms with van der Waals surface area (Å²) in [4.78, 5) is 14.8. The van der Waals surface area contributed by atoms with Crippen molar-refractivity contribution in [2.75, 3.05) is 25.0 Å². The van der Waals surface area contributed by atoms with E-state index in [0.29, 0.717) is 30.9 Å². The lowest BCUT2D eigenvalue weighted by Gasteiger charge is -2.33. The largest absolute Gasteiger partial charge is 0.487 e. The molecule has 3 N–H and O–H groups in total. The topological polar surface area (TPSA) is 82.0 Å². The molecule has 2 aromatic rings. The van der Waals surface area contributed by atoms with E-state index in [4.69, 9.17) is 4.74 Å². The molecule has 0 unspecified atom stereocenters. The van der Waals surface area contributed by atoms with Crippen LogP contribution in [0.25, 0.3) is 11.3 Å². The van der Waals surface area contributed by atoms with Gasteiger partial charge in [-0.1, -0.05) is 36.4 Å². The summed E-state index contributed by atoms with van der Waals surface area (Å²) < 4.78 is 5.97. The van der Waals surface area contributed by atoms with Crippen LogP contribution < -0.4 is 5.32 Å². The van der Waals surface area contributed by atoms with Gasteiger partial charge in [-0.15, -0.1) is 0 Å². The van der Waals surface area contributed by atoms with Crippen molar-refractivity contribution in [3.8, 4) is 0 Å². The fraction of sp³-hybridized carbons (Fsp3) is 0.375. The summed E-state index contributed by atoms with van der Waals surface area (Å²) in [6, 6.07) is 14.0. The fourth-order valence-electron chi connectivity index (χ4n) is 4.62. The van der Waals surface area contributed by atoms with Gasteiger partial charge in [0.05, 0.1) is 17.8 Å². The van der Waals surface area contributed by atoms with Crippen LogP contribution in [-0.2, 0) is 22.6 Å². The van der Waals surface area contributed by atoms with Gasteiger partial charge in [0, 0.05) is 35.5 Å². The minimum Gasteiger partial charge on any atom is -0.487 e. The van der Waals surface area contributed by atoms with E-state index >= 15 is 0 Å². The van der Waals surface area contributed by atoms with Crippen LogP contribution in [0.15, 0.2) is 42.5 Å². The van der Waals surface area contributed by atoms with Gasteiger partial charge in [-0.3, -0.25) is 4.79 Å². The zero-order valence-electron chi connectivity index (χ0n) is 16.8. The number of hydrogen-bond acceptors (Lipinski definition) is 5. The smallest absolute Gasteiger partial charge is 0.260 e. The summed E-state index contributed by atoms with van der Waals surface area (Å²) in [6.45, 7) is 2.76. The van der Waals surface area contributed by atoms with E-state index < -0.39 is 12.2 Å². The summed E-state index contributed by atoms with van der Waals surface area (Å²) in [7, 11) is 0. The molecule has 0 aromatic heterocycles. The summed E-state index contributed by atoms with van der Waals surface area (Å²) in [6.07, 6.45) is 1.34. The van der Waals surface area contributed by atoms with Crippen LogP contribution in [0.2, 0.25) is 0 Å². The Kier molecular flexibility index (Phi) is 5.06. The van der Waals surface area contributed by atoms with E-state index in [-0.39, 0.29) is 5.91 Å². The lowest BCUT2D eigenvalue weighted by molar-refractivity contribution is -0.110. The third-order valence-electron chi connectivity index (χ3n) is 6.26. The molecule has 6 heteroatoms. The molecule has 0 saturated carbocycles. The van der Waals surface area contributed by atoms with Crippen LogP contribution in [0, 0.1) is 0 Å². The van der Waals surface area contributed by atoms with Crippen molar-refractivity contribution in [1.29, 1.82) is 0 Å². The maximum atomic E-state index is 12.5. The van der Waals surface area contributed by atoms with Gasteiger partial charge in [0.1, 0.15) is 12.4 Å². The maximum absolute atomic E-state index is 12.5. The SMILES string of the molecule is O=C1Nc2ccccc2C1=C1OCc2cc(CCCN3CC[C@@H](O)[C@@H](O)C3)ccc21. The van der Waals surface area contributed by atoms with Crippen molar-refractivity contribution in [2.24, 2.45) is 0 Å². The number of hydrogen-bond donors (Lipinski definition) is 3. The quantitative estimate of drug-likeness (QED) is 0.680. The van der Waals surface area contributed by atoms with E-state index in [1.165, 1.54) is 5.56 Å². The molecule has 6 nitrogen and oxygen atoms in total. The number of likely N-dealkylation sites (tertiary alicyclic amines) is 1. The van der Waals surface area contributed by atoms with Crippen LogP contribution in [0.4, 0.5) is 5.69 Å². The van der Waals surface area contributed by atoms with Crippen molar-refractivity contribution < 1.29 is 19.7 Å². The number of para-hydroxylation sites is 1. The Labute approximate surface area is 175 Å². The summed E-state index contributed by atoms with van der Waals surface area (Å²) >= 11 is 0. The van der Waals surface area contributed by atoms with Gasteiger partial charge in [0.25, 0.3) is 5.91 Å². The van der Waals surface area contributed by atoms with Crippen LogP contribution in [-0.4, -0.2) is 52.9 Å². The number of amides is 1. The molecule has 0 spiro atoms. The molecule has 0 radical (unpaired) electrons. The summed E-state index contributed by atoms with van der Waals surface area (Å²) in [5, 5.41) is 22.4. The Balaban J connectivity index is 1.29. The average molecular weight is 406 g/mol. The van der Waals surface area contributed by atoms with E-state index in [1.807, 2.05) is 24.3 Å². The number of anilines is 1. The third-order valence-corrected chi connectivity index (χ3v) is 6.26. The molecule has 0 bridgehead atoms. The number of piperidine rings is 1. The molecule has 1 fully saturated rings. The molecule has 2 aromatic carbocycles. The van der Waals surface area contributed by atoms with Crippen LogP contribution in [0.1, 0.15) is 35.1 Å². The molecule has 30 heavy (non-hydrogen) atoms. The number of aliphatic hydroxyl groups excluding tert-OH is 2. The van der Waals surface area contributed by atoms with Crippen molar-refractivity contribution >= 4 is 22.9 Å². The molecule has 3 aliphatic rings. The molecular weight excluding hydrogens is 380 g/mol. The predicted molar refractivity (Wildman–Crippen MR) is 115 cm³/mol. The molecule has 156 valence electrons. The third kappa shape index (κ3) is 3.51. The van der Waals surface area contributed by atoms with E-state index in [9.17, 15) is 15.0 Å². The first-order chi connectivity index (χ1) is 14.6. The number of carbonyl (C=O) groups excluding carboxylic acids is 1. The molecule has 0 aliphatic carbocycles. The molecule has 1 saturated heterocycles. The number of rotatable bonds is 4. The molecule has 5 rings (SSSR count). The van der Waals surface area contributed by atoms with Crippen LogP contribution in [0.3, 0.4) is 0 Å². The van der Waals surface area contributed by atoms with E-state index in [2.05, 4.69) is 28.4 Å². The van der Waals surface area contributed by atoms with Gasteiger partial charge < -0.3 is 25.2 Å². The lowest BCUT2D eigenvalue weighted by atomic mass is 9.98. The molecular formula is C24H26N2O4. The number of benzene rings is 2. The van der Waals surface area contributed by atoms with Crippen LogP contribution in [0.5, 0.6) is 0 Å². The molecule has 3 aliphatic heterocycles. The Morgan fingerprint density at radius 1 is 1.10 bits per heavy atom. The van der Waals surface area contributed by atoms with Gasteiger partial charge in [0.2, 0.25) is 0 Å². The number of fused-ring (bicyclic) bond motifs is 2. The minimum atomic E-state index is -0.639. The lowest BCUT2D eigenvalue weighted by Crippen LogP contribution is -2.46. The zero-order valence-corrected chi connectivity index (χ0v) is 16.8. The van der Waals surface area contributed by atoms with Gasteiger partial charge in [-0.25, -0.2) is 0 Å². The highest BCUT2D eigenvalue weighted by atomic mass is 16.5. The second kappa shape index (κ2) is 7.87. The number of nitrogens with one attached hydrogen (secondary N) is 1. The van der Waals surface area contributed by atoms with Gasteiger partial charge in [-0.05, 0) is 37.4 Å². The highest BCUT2D eigenvalue weighted by molar-refractivity contribution is 6.36. The first kappa shape index (κ1) is 19.3. The van der Waals surface area contributed by atoms with E-state index in [0.717, 1.165) is 48.3 Å². The van der Waals surface area contributed by atoms with Crippen molar-refractivity contribution in [1.82, 2.24) is 4.90 Å². The van der Waals surface area contributed by atoms with Gasteiger partial charge in [-0.2, -0.15) is 0 Å². The number of aliphatic hydroxyl groups is 2. The normalized spacial score (nSPS) is 25.6. The fourth-order valence-corrected chi connectivity index (χ4v) is 4.62. The summed E-state index contributed by atoms with van der Waals surface area (Å²) in [5.41, 5.74) is 5.69. The average Bonchev–Trinajstić information content (AvgIpc) is 3.29. The molecule has 2 atom stereocenters. The zero-order chi connectivity index (χ0) is 20.7. The van der Waals surface area contributed by atoms with Gasteiger partial charge in [0.15, 0.2) is 0 Å². The first-order valence-corrected chi connectivity index (χ1v) is 10.6. The maximum Gasteiger partial charge on any atom is 0.260 e. The number of carbonyl (C=O) groups is 1. The Hall–Kier alpha value is -2.67. The Bertz CT molecular complexity index is 1020.